The van der Waals surface area contributed by atoms with Crippen LogP contribution in [0.4, 0.5) is 5.69 Å². The number of hydrogen-bond donors (Lipinski definition) is 2. The van der Waals surface area contributed by atoms with Crippen molar-refractivity contribution in [1.29, 1.82) is 0 Å². The van der Waals surface area contributed by atoms with Crippen LogP contribution >= 0.6 is 12.2 Å². The Hall–Kier alpha value is -2.07. The molecule has 0 aliphatic heterocycles. The fraction of sp³-hybridized carbons (Fsp3) is 0.278. The highest BCUT2D eigenvalue weighted by Crippen LogP contribution is 2.21. The minimum absolute atomic E-state index is 0.267. The third-order valence-corrected chi connectivity index (χ3v) is 3.64. The maximum absolute atomic E-state index is 5.76. The Kier molecular flexibility index (Phi) is 6.22. The molecule has 116 valence electrons. The third kappa shape index (κ3) is 5.37. The normalized spacial score (nSPS) is 11.7. The fourth-order valence-corrected chi connectivity index (χ4v) is 2.42. The largest absolute Gasteiger partial charge is 0.494 e. The monoisotopic (exact) mass is 314 g/mol. The van der Waals surface area contributed by atoms with Crippen molar-refractivity contribution in [2.75, 3.05) is 11.9 Å². The third-order valence-electron chi connectivity index (χ3n) is 3.54. The SMILES string of the molecule is CC(CCCOc1ccc(NC(N)=S)cc1)c1ccccc1. The summed E-state index contributed by atoms with van der Waals surface area (Å²) in [7, 11) is 0. The van der Waals surface area contributed by atoms with Gasteiger partial charge in [-0.15, -0.1) is 0 Å². The summed E-state index contributed by atoms with van der Waals surface area (Å²) in [5.41, 5.74) is 7.68. The molecule has 0 fully saturated rings. The molecule has 2 aromatic rings. The molecule has 3 N–H and O–H groups in total. The van der Waals surface area contributed by atoms with Crippen molar-refractivity contribution in [3.05, 3.63) is 60.2 Å². The molecule has 22 heavy (non-hydrogen) atoms. The van der Waals surface area contributed by atoms with E-state index in [9.17, 15) is 0 Å². The second-order valence-electron chi connectivity index (χ2n) is 5.32. The minimum Gasteiger partial charge on any atom is -0.494 e. The zero-order valence-corrected chi connectivity index (χ0v) is 13.6. The molecule has 0 bridgehead atoms. The quantitative estimate of drug-likeness (QED) is 0.591. The lowest BCUT2D eigenvalue weighted by Crippen LogP contribution is -2.18. The molecule has 0 heterocycles. The second kappa shape index (κ2) is 8.39. The van der Waals surface area contributed by atoms with E-state index in [1.165, 1.54) is 5.56 Å². The lowest BCUT2D eigenvalue weighted by molar-refractivity contribution is 0.303. The van der Waals surface area contributed by atoms with Crippen molar-refractivity contribution in [3.63, 3.8) is 0 Å². The Morgan fingerprint density at radius 3 is 2.45 bits per heavy atom. The second-order valence-corrected chi connectivity index (χ2v) is 5.76. The van der Waals surface area contributed by atoms with Gasteiger partial charge in [-0.05, 0) is 60.8 Å². The average Bonchev–Trinajstić information content (AvgIpc) is 2.53. The van der Waals surface area contributed by atoms with E-state index in [4.69, 9.17) is 22.7 Å². The zero-order valence-electron chi connectivity index (χ0n) is 12.8. The van der Waals surface area contributed by atoms with Gasteiger partial charge in [0.25, 0.3) is 0 Å². The molecular formula is C18H22N2OS. The van der Waals surface area contributed by atoms with Gasteiger partial charge in [-0.2, -0.15) is 0 Å². The van der Waals surface area contributed by atoms with Crippen molar-refractivity contribution in [2.24, 2.45) is 5.73 Å². The molecule has 4 heteroatoms. The number of benzene rings is 2. The molecule has 0 spiro atoms. The first-order chi connectivity index (χ1) is 10.6. The van der Waals surface area contributed by atoms with Gasteiger partial charge in [0.2, 0.25) is 0 Å². The summed E-state index contributed by atoms with van der Waals surface area (Å²) in [6.07, 6.45) is 2.15. The molecule has 0 aromatic heterocycles. The van der Waals surface area contributed by atoms with Crippen molar-refractivity contribution in [1.82, 2.24) is 0 Å². The summed E-state index contributed by atoms with van der Waals surface area (Å²) in [6.45, 7) is 2.98. The molecule has 0 saturated carbocycles. The van der Waals surface area contributed by atoms with E-state index in [2.05, 4.69) is 42.6 Å². The smallest absolute Gasteiger partial charge is 0.168 e. The standard InChI is InChI=1S/C18H22N2OS/c1-14(15-7-3-2-4-8-15)6-5-13-21-17-11-9-16(10-12-17)20-18(19)22/h2-4,7-12,14H,5-6,13H2,1H3,(H3,19,20,22). The molecule has 3 nitrogen and oxygen atoms in total. The van der Waals surface area contributed by atoms with Crippen LogP contribution in [0.15, 0.2) is 54.6 Å². The van der Waals surface area contributed by atoms with Crippen molar-refractivity contribution < 1.29 is 4.74 Å². The van der Waals surface area contributed by atoms with Gasteiger partial charge in [0.05, 0.1) is 6.61 Å². The number of rotatable bonds is 7. The Morgan fingerprint density at radius 2 is 1.82 bits per heavy atom. The molecule has 2 rings (SSSR count). The van der Waals surface area contributed by atoms with Crippen molar-refractivity contribution >= 4 is 23.0 Å². The van der Waals surface area contributed by atoms with Gasteiger partial charge in [-0.3, -0.25) is 0 Å². The molecule has 2 aromatic carbocycles. The van der Waals surface area contributed by atoms with Crippen molar-refractivity contribution in [2.45, 2.75) is 25.7 Å². The highest BCUT2D eigenvalue weighted by Gasteiger charge is 2.04. The number of nitrogens with two attached hydrogens (primary N) is 1. The van der Waals surface area contributed by atoms with E-state index in [1.807, 2.05) is 24.3 Å². The number of ether oxygens (including phenoxy) is 1. The number of thiocarbonyl (C=S) groups is 1. The van der Waals surface area contributed by atoms with E-state index in [0.717, 1.165) is 30.9 Å². The summed E-state index contributed by atoms with van der Waals surface area (Å²) < 4.78 is 5.76. The molecule has 0 amide bonds. The highest BCUT2D eigenvalue weighted by molar-refractivity contribution is 7.80. The molecular weight excluding hydrogens is 292 g/mol. The Balaban J connectivity index is 1.71. The Labute approximate surface area is 137 Å². The van der Waals surface area contributed by atoms with E-state index in [-0.39, 0.29) is 5.11 Å². The van der Waals surface area contributed by atoms with E-state index in [0.29, 0.717) is 5.92 Å². The Morgan fingerprint density at radius 1 is 1.14 bits per heavy atom. The topological polar surface area (TPSA) is 47.3 Å². The first-order valence-electron chi connectivity index (χ1n) is 7.49. The van der Waals surface area contributed by atoms with Crippen LogP contribution < -0.4 is 15.8 Å². The van der Waals surface area contributed by atoms with Gasteiger partial charge in [-0.25, -0.2) is 0 Å². The van der Waals surface area contributed by atoms with Crippen LogP contribution in [0.2, 0.25) is 0 Å². The lowest BCUT2D eigenvalue weighted by Gasteiger charge is -2.12. The van der Waals surface area contributed by atoms with Crippen LogP contribution in [-0.2, 0) is 0 Å². The van der Waals surface area contributed by atoms with Crippen LogP contribution in [0, 0.1) is 0 Å². The van der Waals surface area contributed by atoms with Gasteiger partial charge in [0.15, 0.2) is 5.11 Å². The Bertz CT molecular complexity index is 584. The first kappa shape index (κ1) is 16.3. The van der Waals surface area contributed by atoms with E-state index in [1.54, 1.807) is 0 Å². The molecule has 1 atom stereocenters. The fourth-order valence-electron chi connectivity index (χ4n) is 2.30. The number of nitrogens with one attached hydrogen (secondary N) is 1. The predicted molar refractivity (Wildman–Crippen MR) is 96.4 cm³/mol. The number of anilines is 1. The van der Waals surface area contributed by atoms with Gasteiger partial charge in [0.1, 0.15) is 5.75 Å². The summed E-state index contributed by atoms with van der Waals surface area (Å²) in [4.78, 5) is 0. The summed E-state index contributed by atoms with van der Waals surface area (Å²) in [5.74, 6) is 1.42. The van der Waals surface area contributed by atoms with E-state index >= 15 is 0 Å². The van der Waals surface area contributed by atoms with E-state index < -0.39 is 0 Å². The molecule has 0 aliphatic carbocycles. The first-order valence-corrected chi connectivity index (χ1v) is 7.90. The summed E-state index contributed by atoms with van der Waals surface area (Å²) in [5, 5.41) is 3.15. The highest BCUT2D eigenvalue weighted by atomic mass is 32.1. The minimum atomic E-state index is 0.267. The van der Waals surface area contributed by atoms with Crippen LogP contribution in [-0.4, -0.2) is 11.7 Å². The van der Waals surface area contributed by atoms with Crippen LogP contribution in [0.1, 0.15) is 31.2 Å². The maximum atomic E-state index is 5.76. The lowest BCUT2D eigenvalue weighted by atomic mass is 9.97. The summed E-state index contributed by atoms with van der Waals surface area (Å²) >= 11 is 4.80. The van der Waals surface area contributed by atoms with Crippen LogP contribution in [0.5, 0.6) is 5.75 Å². The molecule has 0 aliphatic rings. The van der Waals surface area contributed by atoms with Crippen molar-refractivity contribution in [3.8, 4) is 5.75 Å². The molecule has 0 radical (unpaired) electrons. The van der Waals surface area contributed by atoms with Crippen LogP contribution in [0.25, 0.3) is 0 Å². The zero-order chi connectivity index (χ0) is 15.8. The molecule has 0 saturated heterocycles. The predicted octanol–water partition coefficient (Wildman–Crippen LogP) is 4.30. The van der Waals surface area contributed by atoms with Crippen LogP contribution in [0.3, 0.4) is 0 Å². The van der Waals surface area contributed by atoms with Gasteiger partial charge in [-0.1, -0.05) is 37.3 Å². The maximum Gasteiger partial charge on any atom is 0.168 e. The van der Waals surface area contributed by atoms with Gasteiger partial charge < -0.3 is 15.8 Å². The number of hydrogen-bond acceptors (Lipinski definition) is 2. The van der Waals surface area contributed by atoms with Gasteiger partial charge >= 0.3 is 0 Å². The summed E-state index contributed by atoms with van der Waals surface area (Å²) in [6, 6.07) is 18.2. The molecule has 1 unspecified atom stereocenters. The van der Waals surface area contributed by atoms with Gasteiger partial charge in [0, 0.05) is 5.69 Å². The average molecular weight is 314 g/mol.